The number of hydrogen-bond acceptors (Lipinski definition) is 0. The molecule has 0 atom stereocenters. The van der Waals surface area contributed by atoms with Crippen LogP contribution in [0.1, 0.15) is 50.1 Å². The number of hydrogen-bond donors (Lipinski definition) is 0. The van der Waals surface area contributed by atoms with E-state index in [9.17, 15) is 110 Å². The highest BCUT2D eigenvalue weighted by molar-refractivity contribution is 7.20. The normalized spacial score (nSPS) is 13.5. The third-order valence-corrected chi connectivity index (χ3v) is 11.5. The Kier molecular flexibility index (Phi) is 15.0. The van der Waals surface area contributed by atoms with Gasteiger partial charge in [0.1, 0.15) is 12.0 Å². The van der Waals surface area contributed by atoms with E-state index in [2.05, 4.69) is 16.7 Å². The van der Waals surface area contributed by atoms with Crippen LogP contribution in [-0.4, -0.2) is 6.15 Å². The molecule has 27 heteroatoms. The van der Waals surface area contributed by atoms with Gasteiger partial charge in [-0.25, -0.2) is 4.39 Å². The van der Waals surface area contributed by atoms with E-state index in [0.717, 1.165) is 12.1 Å². The minimum atomic E-state index is -6.13. The van der Waals surface area contributed by atoms with Gasteiger partial charge in [0.2, 0.25) is 5.52 Å². The maximum absolute atomic E-state index is 14.2. The molecule has 0 fully saturated rings. The van der Waals surface area contributed by atoms with Crippen LogP contribution in [0, 0.1) is 5.82 Å². The summed E-state index contributed by atoms with van der Waals surface area (Å²) < 4.78 is 357. The van der Waals surface area contributed by atoms with Crippen LogP contribution in [0.5, 0.6) is 0 Å². The molecule has 0 N–H and O–H groups in total. The number of alkyl halides is 24. The molecule has 0 bridgehead atoms. The van der Waals surface area contributed by atoms with E-state index in [1.165, 1.54) is 11.6 Å². The molecule has 0 saturated heterocycles. The van der Waals surface area contributed by atoms with Gasteiger partial charge in [-0.15, -0.1) is 0 Å². The minimum absolute atomic E-state index is 0.171. The summed E-state index contributed by atoms with van der Waals surface area (Å²) in [4.78, 5) is 0. The Bertz CT molecular complexity index is 2750. The molecule has 1 heterocycles. The van der Waals surface area contributed by atoms with Crippen LogP contribution < -0.4 is 26.4 Å². The van der Waals surface area contributed by atoms with Gasteiger partial charge in [-0.3, -0.25) is 0 Å². The SMILES string of the molecule is FC(F)(F)c1cc([B-](c2cc(C(F)(F)F)cc(C(F)(F)F)c2)(c2cc(C(F)(F)F)cc(C(F)(F)F)c2)c2cc(C(F)(F)F)cc(C(F)(F)F)c2)cc(C(F)(F)F)c1.Fc1cccc2c1ccc[n+]2Cc1ccccc1. The summed E-state index contributed by atoms with van der Waals surface area (Å²) in [6.07, 6.45) is -52.8. The van der Waals surface area contributed by atoms with Crippen molar-refractivity contribution >= 4 is 38.9 Å². The number of rotatable bonds is 6. The molecule has 0 spiro atoms. The first kappa shape index (κ1) is 57.3. The number of fused-ring (bicyclic) bond motifs is 1. The van der Waals surface area contributed by atoms with E-state index in [0.29, 0.717) is 5.39 Å². The molecule has 0 unspecified atom stereocenters. The van der Waals surface area contributed by atoms with Crippen molar-refractivity contribution in [2.45, 2.75) is 56.0 Å². The van der Waals surface area contributed by atoms with E-state index in [1.807, 2.05) is 42.6 Å². The molecule has 0 aliphatic rings. The molecule has 7 aromatic rings. The number of aromatic nitrogens is 1. The van der Waals surface area contributed by atoms with Gasteiger partial charge in [0, 0.05) is 17.7 Å². The second-order valence-electron chi connectivity index (χ2n) is 16.5. The zero-order valence-corrected chi connectivity index (χ0v) is 36.5. The van der Waals surface area contributed by atoms with Gasteiger partial charge in [0.25, 0.3) is 0 Å². The summed E-state index contributed by atoms with van der Waals surface area (Å²) in [5, 5.41) is 0.663. The van der Waals surface area contributed by atoms with E-state index in [-0.39, 0.29) is 5.82 Å². The van der Waals surface area contributed by atoms with Crippen LogP contribution in [-0.2, 0) is 56.0 Å². The van der Waals surface area contributed by atoms with Crippen LogP contribution in [0.4, 0.5) is 110 Å². The third kappa shape index (κ3) is 12.8. The second kappa shape index (κ2) is 19.6. The molecule has 400 valence electrons. The molecule has 0 amide bonds. The Hall–Kier alpha value is -6.96. The Morgan fingerprint density at radius 1 is 0.307 bits per heavy atom. The van der Waals surface area contributed by atoms with Crippen LogP contribution in [0.3, 0.4) is 0 Å². The van der Waals surface area contributed by atoms with Gasteiger partial charge >= 0.3 is 49.4 Å². The molecule has 75 heavy (non-hydrogen) atoms. The zero-order valence-electron chi connectivity index (χ0n) is 36.5. The van der Waals surface area contributed by atoms with Crippen LogP contribution >= 0.6 is 0 Å². The number of nitrogens with zero attached hydrogens (tertiary/aromatic N) is 1. The summed E-state index contributed by atoms with van der Waals surface area (Å²) in [5.74, 6) is -0.171. The fourth-order valence-corrected chi connectivity index (χ4v) is 8.25. The highest BCUT2D eigenvalue weighted by Gasteiger charge is 2.47. The van der Waals surface area contributed by atoms with E-state index >= 15 is 0 Å². The largest absolute Gasteiger partial charge is 0.416 e. The zero-order chi connectivity index (χ0) is 56.3. The quantitative estimate of drug-likeness (QED) is 0.0888. The molecule has 0 saturated carbocycles. The average molecular weight is 1100 g/mol. The Morgan fingerprint density at radius 2 is 0.587 bits per heavy atom. The summed E-state index contributed by atoms with van der Waals surface area (Å²) in [5.41, 5.74) is -28.1. The first-order valence-electron chi connectivity index (χ1n) is 20.6. The van der Waals surface area contributed by atoms with E-state index in [1.54, 1.807) is 6.07 Å². The predicted octanol–water partition coefficient (Wildman–Crippen LogP) is 14.5. The van der Waals surface area contributed by atoms with Crippen LogP contribution in [0.2, 0.25) is 0 Å². The predicted molar refractivity (Wildman–Crippen MR) is 220 cm³/mol. The maximum Gasteiger partial charge on any atom is 0.416 e. The fourth-order valence-electron chi connectivity index (χ4n) is 8.25. The molecule has 0 aliphatic heterocycles. The maximum atomic E-state index is 14.2. The Balaban J connectivity index is 0.000000421. The van der Waals surface area contributed by atoms with Gasteiger partial charge in [-0.05, 0) is 36.4 Å². The van der Waals surface area contributed by atoms with Crippen molar-refractivity contribution in [3.8, 4) is 0 Å². The van der Waals surface area contributed by atoms with Crippen molar-refractivity contribution in [3.63, 3.8) is 0 Å². The minimum Gasteiger partial charge on any atom is -0.206 e. The van der Waals surface area contributed by atoms with Gasteiger partial charge < -0.3 is 0 Å². The van der Waals surface area contributed by atoms with Crippen molar-refractivity contribution in [2.75, 3.05) is 0 Å². The Morgan fingerprint density at radius 3 is 0.853 bits per heavy atom. The lowest BCUT2D eigenvalue weighted by Crippen LogP contribution is -2.75. The monoisotopic (exact) mass is 1100 g/mol. The van der Waals surface area contributed by atoms with Gasteiger partial charge in [-0.1, -0.05) is 84.9 Å². The summed E-state index contributed by atoms with van der Waals surface area (Å²) >= 11 is 0. The third-order valence-electron chi connectivity index (χ3n) is 11.5. The molecule has 0 radical (unpaired) electrons. The fraction of sp³-hybridized carbons (Fsp3) is 0.188. The molecule has 0 aliphatic carbocycles. The topological polar surface area (TPSA) is 3.88 Å². The first-order valence-corrected chi connectivity index (χ1v) is 20.6. The van der Waals surface area contributed by atoms with E-state index < -0.39 is 195 Å². The van der Waals surface area contributed by atoms with E-state index in [4.69, 9.17) is 0 Å². The molecule has 6 aromatic carbocycles. The van der Waals surface area contributed by atoms with Gasteiger partial charge in [0.05, 0.1) is 49.9 Å². The highest BCUT2D eigenvalue weighted by Crippen LogP contribution is 2.41. The molecule has 1 aromatic heterocycles. The summed E-state index contributed by atoms with van der Waals surface area (Å²) in [6, 6.07) is 10.3. The van der Waals surface area contributed by atoms with Crippen LogP contribution in [0.25, 0.3) is 10.9 Å². The smallest absolute Gasteiger partial charge is 0.206 e. The Labute approximate surface area is 404 Å². The standard InChI is InChI=1S/C32H12BF24.C16H13FN/c34-25(35,36)13-1-14(26(37,38)39)6-21(5-13)33(22-7-15(27(40,41)42)2-16(8-22)28(43,44)45,23-9-17(29(46,47)48)3-18(10-23)30(49,50)51)24-11-19(31(52,53)54)4-20(12-24)32(55,56)57;17-15-9-4-10-16-14(15)8-5-11-18(16)12-13-6-2-1-3-7-13/h1-12H;1-11H,12H2/q-1;+1. The van der Waals surface area contributed by atoms with Crippen molar-refractivity contribution < 1.29 is 114 Å². The highest BCUT2D eigenvalue weighted by atomic mass is 19.4. The van der Waals surface area contributed by atoms with Gasteiger partial charge in [0.15, 0.2) is 12.7 Å². The van der Waals surface area contributed by atoms with Crippen molar-refractivity contribution in [1.29, 1.82) is 0 Å². The van der Waals surface area contributed by atoms with Crippen molar-refractivity contribution in [2.24, 2.45) is 0 Å². The average Bonchev–Trinajstić information content (AvgIpc) is 3.27. The number of halogens is 25. The molecular formula is C48H25BF25N. The van der Waals surface area contributed by atoms with Gasteiger partial charge in [-0.2, -0.15) is 132 Å². The van der Waals surface area contributed by atoms with Crippen molar-refractivity contribution in [1.82, 2.24) is 0 Å². The number of benzene rings is 6. The lowest BCUT2D eigenvalue weighted by molar-refractivity contribution is -0.662. The van der Waals surface area contributed by atoms with Crippen LogP contribution in [0.15, 0.2) is 140 Å². The first-order chi connectivity index (χ1) is 34.1. The number of pyridine rings is 1. The second-order valence-corrected chi connectivity index (χ2v) is 16.5. The summed E-state index contributed by atoms with van der Waals surface area (Å²) in [6.45, 7) is 0.752. The summed E-state index contributed by atoms with van der Waals surface area (Å²) in [7, 11) is 0. The van der Waals surface area contributed by atoms with Crippen molar-refractivity contribution in [3.05, 3.63) is 196 Å². The molecule has 7 rings (SSSR count). The lowest BCUT2D eigenvalue weighted by atomic mass is 9.12. The molecule has 1 nitrogen and oxygen atoms in total. The molecular weight excluding hydrogens is 1080 g/mol. The lowest BCUT2D eigenvalue weighted by Gasteiger charge is -2.46.